The molecular weight excluding hydrogens is 961 g/mol. The lowest BCUT2D eigenvalue weighted by atomic mass is 9.94. The Morgan fingerprint density at radius 3 is 0.662 bits per heavy atom. The summed E-state index contributed by atoms with van der Waals surface area (Å²) in [5, 5.41) is -2.90. The zero-order chi connectivity index (χ0) is 51.4. The molecule has 0 aliphatic rings. The summed E-state index contributed by atoms with van der Waals surface area (Å²) < 4.78 is 158. The first-order valence-electron chi connectivity index (χ1n) is 21.1. The highest BCUT2D eigenvalue weighted by Crippen LogP contribution is 2.44. The van der Waals surface area contributed by atoms with E-state index >= 15 is 0 Å². The topological polar surface area (TPSA) is 264 Å². The maximum Gasteiger partial charge on any atom is 0.255 e. The number of hydrogen-bond donors (Lipinski definition) is 0. The summed E-state index contributed by atoms with van der Waals surface area (Å²) in [4.78, 5) is -4.63. The molecule has 0 saturated heterocycles. The summed E-state index contributed by atoms with van der Waals surface area (Å²) in [5.41, 5.74) is 0. The van der Waals surface area contributed by atoms with Crippen LogP contribution in [0.25, 0.3) is 32.3 Å². The third kappa shape index (κ3) is 12.2. The van der Waals surface area contributed by atoms with E-state index in [1.165, 1.54) is 23.3 Å². The summed E-state index contributed by atoms with van der Waals surface area (Å²) >= 11 is 0. The predicted molar refractivity (Wildman–Crippen MR) is 246 cm³/mol. The second-order valence-corrected chi connectivity index (χ2v) is 21.2. The first kappa shape index (κ1) is 55.0. The van der Waals surface area contributed by atoms with Crippen molar-refractivity contribution in [3.05, 3.63) is 109 Å². The molecule has 0 radical (unpaired) electrons. The lowest BCUT2D eigenvalue weighted by molar-refractivity contribution is -0.678. The minimum absolute atomic E-state index is 0.336. The van der Waals surface area contributed by atoms with Crippen molar-refractivity contribution in [1.29, 1.82) is 0 Å². The average Bonchev–Trinajstić information content (AvgIpc) is 3.97. The van der Waals surface area contributed by atoms with Gasteiger partial charge in [0, 0.05) is 47.2 Å². The van der Waals surface area contributed by atoms with Gasteiger partial charge in [-0.15, -0.1) is 0 Å². The maximum absolute atomic E-state index is 11.8. The SMILES string of the molecule is CCc1n(C)cc[n+]1C.CCc1n(C)cc[n+]1C.CCc1n(C)cc[n+]1C.CCc1n(C)cc[n+]1C.O=S(=O)([O-])c1cc(S(=O)(=O)[O-])c2ccc3c(S(=O)(=O)[O-])cc(S(=O)(=O)[O-])c4ccc1c2c43. The van der Waals surface area contributed by atoms with Gasteiger partial charge in [-0.25, -0.2) is 70.2 Å². The highest BCUT2D eigenvalue weighted by Gasteiger charge is 2.25. The highest BCUT2D eigenvalue weighted by atomic mass is 32.2. The molecule has 0 unspecified atom stereocenters. The van der Waals surface area contributed by atoms with Gasteiger partial charge < -0.3 is 18.2 Å². The van der Waals surface area contributed by atoms with Gasteiger partial charge in [-0.05, 0) is 22.9 Å². The van der Waals surface area contributed by atoms with Crippen molar-refractivity contribution in [3.8, 4) is 0 Å². The van der Waals surface area contributed by atoms with Gasteiger partial charge in [0.2, 0.25) is 0 Å². The van der Waals surface area contributed by atoms with Crippen molar-refractivity contribution in [2.75, 3.05) is 0 Å². The van der Waals surface area contributed by atoms with Gasteiger partial charge in [0.1, 0.15) is 90.0 Å². The van der Waals surface area contributed by atoms with Crippen LogP contribution in [0.2, 0.25) is 0 Å². The summed E-state index contributed by atoms with van der Waals surface area (Å²) in [5.74, 6) is 5.43. The molecule has 0 aliphatic carbocycles. The Kier molecular flexibility index (Phi) is 17.3. The van der Waals surface area contributed by atoms with Gasteiger partial charge in [-0.3, -0.25) is 0 Å². The third-order valence-electron chi connectivity index (χ3n) is 11.4. The molecule has 0 fully saturated rings. The number of hydrogen-bond acceptors (Lipinski definition) is 12. The zero-order valence-electron chi connectivity index (χ0n) is 40.0. The molecule has 0 N–H and O–H groups in total. The largest absolute Gasteiger partial charge is 0.744 e. The summed E-state index contributed by atoms with van der Waals surface area (Å²) in [7, 11) is -5.06. The molecule has 0 bridgehead atoms. The van der Waals surface area contributed by atoms with Gasteiger partial charge in [0.05, 0.1) is 76.0 Å². The number of aromatic nitrogens is 8. The van der Waals surface area contributed by atoms with Gasteiger partial charge in [0.15, 0.2) is 0 Å². The molecule has 0 saturated carbocycles. The van der Waals surface area contributed by atoms with E-state index in [2.05, 4.69) is 170 Å². The van der Waals surface area contributed by atoms with E-state index in [4.69, 9.17) is 0 Å². The number of nitrogens with zero attached hydrogens (tertiary/aromatic N) is 8. The van der Waals surface area contributed by atoms with Gasteiger partial charge in [0.25, 0.3) is 23.3 Å². The van der Waals surface area contributed by atoms with Gasteiger partial charge in [-0.2, -0.15) is 0 Å². The number of aryl methyl sites for hydroxylation is 8. The molecule has 20 nitrogen and oxygen atoms in total. The summed E-state index contributed by atoms with van der Waals surface area (Å²) in [6, 6.07) is 4.27. The first-order chi connectivity index (χ1) is 31.4. The molecule has 8 aromatic rings. The van der Waals surface area contributed by atoms with Crippen LogP contribution in [-0.4, -0.2) is 70.2 Å². The highest BCUT2D eigenvalue weighted by molar-refractivity contribution is 7.87. The van der Waals surface area contributed by atoms with Crippen LogP contribution in [0.15, 0.2) is 106 Å². The van der Waals surface area contributed by atoms with Crippen molar-refractivity contribution >= 4 is 72.8 Å². The van der Waals surface area contributed by atoms with Crippen LogP contribution in [0, 0.1) is 0 Å². The minimum Gasteiger partial charge on any atom is -0.744 e. The van der Waals surface area contributed by atoms with Crippen molar-refractivity contribution < 1.29 is 70.2 Å². The molecule has 24 heteroatoms. The molecule has 0 aliphatic heterocycles. The fraction of sp³-hybridized carbons (Fsp3) is 0.364. The van der Waals surface area contributed by atoms with E-state index < -0.39 is 92.4 Å². The van der Waals surface area contributed by atoms with Crippen molar-refractivity contribution in [2.24, 2.45) is 56.4 Å². The zero-order valence-corrected chi connectivity index (χ0v) is 43.3. The molecule has 8 rings (SSSR count). The van der Waals surface area contributed by atoms with E-state index in [0.29, 0.717) is 12.1 Å². The molecule has 4 aromatic heterocycles. The van der Waals surface area contributed by atoms with E-state index in [1.807, 2.05) is 0 Å². The van der Waals surface area contributed by atoms with E-state index in [9.17, 15) is 51.9 Å². The normalized spacial score (nSPS) is 11.9. The van der Waals surface area contributed by atoms with Gasteiger partial charge >= 0.3 is 0 Å². The Morgan fingerprint density at radius 1 is 0.382 bits per heavy atom. The summed E-state index contributed by atoms with van der Waals surface area (Å²) in [6.45, 7) is 8.65. The lowest BCUT2D eigenvalue weighted by Crippen LogP contribution is -2.31. The number of imidazole rings is 4. The first-order valence-corrected chi connectivity index (χ1v) is 26.7. The molecule has 68 heavy (non-hydrogen) atoms. The molecule has 0 spiro atoms. The monoisotopic (exact) mass is 1020 g/mol. The van der Waals surface area contributed by atoms with Crippen molar-refractivity contribution in [2.45, 2.75) is 73.0 Å². The van der Waals surface area contributed by atoms with Crippen LogP contribution >= 0.6 is 0 Å². The van der Waals surface area contributed by atoms with Crippen LogP contribution in [0.5, 0.6) is 0 Å². The molecule has 4 aromatic carbocycles. The predicted octanol–water partition coefficient (Wildman–Crippen LogP) is 1.85. The smallest absolute Gasteiger partial charge is 0.255 e. The van der Waals surface area contributed by atoms with E-state index in [-0.39, 0.29) is 0 Å². The second-order valence-electron chi connectivity index (χ2n) is 15.8. The van der Waals surface area contributed by atoms with Crippen LogP contribution in [0.1, 0.15) is 51.0 Å². The quantitative estimate of drug-likeness (QED) is 0.120. The molecular formula is C44H58N8O12S4. The van der Waals surface area contributed by atoms with Crippen LogP contribution < -0.4 is 18.3 Å². The lowest BCUT2D eigenvalue weighted by Gasteiger charge is -2.23. The Bertz CT molecular complexity index is 3020. The number of rotatable bonds is 8. The molecule has 0 atom stereocenters. The van der Waals surface area contributed by atoms with Crippen LogP contribution in [-0.2, 0) is 123 Å². The average molecular weight is 1020 g/mol. The van der Waals surface area contributed by atoms with E-state index in [0.717, 1.165) is 49.9 Å². The van der Waals surface area contributed by atoms with Crippen molar-refractivity contribution in [3.63, 3.8) is 0 Å². The van der Waals surface area contributed by atoms with Crippen LogP contribution in [0.4, 0.5) is 0 Å². The maximum atomic E-state index is 11.8. The van der Waals surface area contributed by atoms with E-state index in [1.54, 1.807) is 0 Å². The molecule has 4 heterocycles. The standard InChI is InChI=1S/C16H10O12S4.4C7H13N2/c17-29(18,19)11-5-13(31(23,24)25)9-3-4-10-14(32(26,27)28)6-12(30(20,21)22)8-2-1-7(11)15(9)16(8)10;4*1-4-7-8(2)5-6-9(7)3/h1-6H,(H,17,18,19)(H,20,21,22)(H,23,24,25)(H,26,27,28);4*5-6H,4H2,1-3H3/q;4*+1/p-4. The fourth-order valence-corrected chi connectivity index (χ4v) is 11.1. The number of benzene rings is 4. The Balaban J connectivity index is 0.000000225. The Morgan fingerprint density at radius 2 is 0.559 bits per heavy atom. The minimum atomic E-state index is -5.40. The Hall–Kier alpha value is -5.60. The molecule has 370 valence electrons. The fourth-order valence-electron chi connectivity index (χ4n) is 8.17. The van der Waals surface area contributed by atoms with Crippen LogP contribution in [0.3, 0.4) is 0 Å². The van der Waals surface area contributed by atoms with Gasteiger partial charge in [-0.1, -0.05) is 52.0 Å². The second kappa shape index (κ2) is 21.4. The Labute approximate surface area is 397 Å². The van der Waals surface area contributed by atoms with Crippen molar-refractivity contribution in [1.82, 2.24) is 18.3 Å². The molecule has 0 amide bonds. The summed E-state index contributed by atoms with van der Waals surface area (Å²) in [6.07, 6.45) is 20.9. The third-order valence-corrected chi connectivity index (χ3v) is 14.9.